The van der Waals surface area contributed by atoms with Gasteiger partial charge in [0.15, 0.2) is 17.4 Å². The monoisotopic (exact) mass is 444 g/mol. The Morgan fingerprint density at radius 3 is 2.91 bits per heavy atom. The van der Waals surface area contributed by atoms with E-state index in [1.54, 1.807) is 26.4 Å². The lowest BCUT2D eigenvalue weighted by molar-refractivity contribution is 0.0342. The van der Waals surface area contributed by atoms with E-state index in [0.717, 1.165) is 43.9 Å². The number of anilines is 2. The van der Waals surface area contributed by atoms with Gasteiger partial charge in [-0.05, 0) is 30.5 Å². The molecule has 0 spiro atoms. The van der Waals surface area contributed by atoms with Crippen LogP contribution in [0.3, 0.4) is 0 Å². The van der Waals surface area contributed by atoms with E-state index in [0.29, 0.717) is 34.6 Å². The lowest BCUT2D eigenvalue weighted by atomic mass is 10.2. The van der Waals surface area contributed by atoms with Crippen molar-refractivity contribution in [1.29, 1.82) is 0 Å². The van der Waals surface area contributed by atoms with Crippen molar-refractivity contribution in [2.75, 3.05) is 38.7 Å². The molecule has 3 N–H and O–H groups in total. The first-order chi connectivity index (χ1) is 16.2. The standard InChI is InChI=1S/C23H24N8O2/c1-3-4-20-24-13-19(32-2)22(29-20)28-18-12-25-30-21(18)23-26-16-6-5-15(11-17(16)27-23)14-31-7-9-33-10-8-31/h5-6,11-13H,7-10,14H2,1-2H3,(H,25,30)(H,26,27)(H,24,28,29). The molecule has 4 heterocycles. The van der Waals surface area contributed by atoms with Crippen molar-refractivity contribution in [3.8, 4) is 29.1 Å². The highest BCUT2D eigenvalue weighted by molar-refractivity contribution is 5.83. The van der Waals surface area contributed by atoms with Crippen LogP contribution in [0.25, 0.3) is 22.6 Å². The quantitative estimate of drug-likeness (QED) is 0.389. The topological polar surface area (TPSA) is 117 Å². The van der Waals surface area contributed by atoms with Crippen molar-refractivity contribution in [3.63, 3.8) is 0 Å². The summed E-state index contributed by atoms with van der Waals surface area (Å²) in [6.45, 7) is 6.11. The molecule has 1 aromatic carbocycles. The first-order valence-corrected chi connectivity index (χ1v) is 10.7. The molecular weight excluding hydrogens is 420 g/mol. The summed E-state index contributed by atoms with van der Waals surface area (Å²) >= 11 is 0. The Morgan fingerprint density at radius 1 is 1.21 bits per heavy atom. The molecule has 168 valence electrons. The van der Waals surface area contributed by atoms with Gasteiger partial charge in [0.1, 0.15) is 5.69 Å². The van der Waals surface area contributed by atoms with Gasteiger partial charge in [-0.25, -0.2) is 9.97 Å². The predicted molar refractivity (Wildman–Crippen MR) is 124 cm³/mol. The Morgan fingerprint density at radius 2 is 2.09 bits per heavy atom. The van der Waals surface area contributed by atoms with Gasteiger partial charge in [-0.2, -0.15) is 10.1 Å². The van der Waals surface area contributed by atoms with E-state index in [2.05, 4.69) is 59.3 Å². The van der Waals surface area contributed by atoms with Crippen LogP contribution in [0.2, 0.25) is 0 Å². The minimum absolute atomic E-state index is 0.405. The van der Waals surface area contributed by atoms with Gasteiger partial charge < -0.3 is 19.8 Å². The second kappa shape index (κ2) is 9.28. The first kappa shape index (κ1) is 20.9. The number of methoxy groups -OCH3 is 1. The Bertz CT molecular complexity index is 1330. The van der Waals surface area contributed by atoms with E-state index in [4.69, 9.17) is 14.5 Å². The highest BCUT2D eigenvalue weighted by atomic mass is 16.5. The molecule has 0 atom stereocenters. The molecule has 0 unspecified atom stereocenters. The summed E-state index contributed by atoms with van der Waals surface area (Å²) in [5.41, 5.74) is 4.51. The number of imidazole rings is 1. The fourth-order valence-corrected chi connectivity index (χ4v) is 3.76. The van der Waals surface area contributed by atoms with Crippen molar-refractivity contribution in [3.05, 3.63) is 42.0 Å². The minimum atomic E-state index is 0.405. The summed E-state index contributed by atoms with van der Waals surface area (Å²) in [6, 6.07) is 6.31. The number of aromatic nitrogens is 6. The van der Waals surface area contributed by atoms with Crippen LogP contribution < -0.4 is 10.1 Å². The Labute approximate surface area is 190 Å². The number of hydrogen-bond acceptors (Lipinski definition) is 8. The normalized spacial score (nSPS) is 14.1. The van der Waals surface area contributed by atoms with Crippen LogP contribution in [0.15, 0.2) is 30.6 Å². The lowest BCUT2D eigenvalue weighted by Crippen LogP contribution is -2.35. The number of morpholine rings is 1. The predicted octanol–water partition coefficient (Wildman–Crippen LogP) is 2.70. The van der Waals surface area contributed by atoms with E-state index in [1.807, 2.05) is 6.07 Å². The number of benzene rings is 1. The molecule has 33 heavy (non-hydrogen) atoms. The number of fused-ring (bicyclic) bond motifs is 1. The third kappa shape index (κ3) is 4.50. The van der Waals surface area contributed by atoms with E-state index in [1.165, 1.54) is 5.56 Å². The number of hydrogen-bond donors (Lipinski definition) is 3. The second-order valence-corrected chi connectivity index (χ2v) is 7.59. The largest absolute Gasteiger partial charge is 0.491 e. The fraction of sp³-hybridized carbons (Fsp3) is 0.304. The molecule has 0 aliphatic carbocycles. The lowest BCUT2D eigenvalue weighted by Gasteiger charge is -2.26. The van der Waals surface area contributed by atoms with Gasteiger partial charge in [-0.3, -0.25) is 10.00 Å². The molecule has 3 aromatic heterocycles. The van der Waals surface area contributed by atoms with Crippen LogP contribution in [0, 0.1) is 11.8 Å². The highest BCUT2D eigenvalue weighted by Crippen LogP contribution is 2.31. The molecule has 0 bridgehead atoms. The van der Waals surface area contributed by atoms with Crippen molar-refractivity contribution in [2.24, 2.45) is 0 Å². The molecule has 5 rings (SSSR count). The number of aromatic amines is 2. The maximum Gasteiger partial charge on any atom is 0.207 e. The zero-order chi connectivity index (χ0) is 22.6. The fourth-order valence-electron chi connectivity index (χ4n) is 3.76. The first-order valence-electron chi connectivity index (χ1n) is 10.7. The van der Waals surface area contributed by atoms with Crippen LogP contribution in [0.4, 0.5) is 11.5 Å². The van der Waals surface area contributed by atoms with Crippen molar-refractivity contribution < 1.29 is 9.47 Å². The van der Waals surface area contributed by atoms with Crippen molar-refractivity contribution in [2.45, 2.75) is 13.5 Å². The van der Waals surface area contributed by atoms with Crippen LogP contribution in [-0.4, -0.2) is 68.4 Å². The van der Waals surface area contributed by atoms with Crippen molar-refractivity contribution >= 4 is 22.5 Å². The highest BCUT2D eigenvalue weighted by Gasteiger charge is 2.16. The average Bonchev–Trinajstić information content (AvgIpc) is 3.46. The van der Waals surface area contributed by atoms with Gasteiger partial charge in [0.05, 0.1) is 49.4 Å². The molecule has 1 aliphatic rings. The van der Waals surface area contributed by atoms with Crippen LogP contribution in [0.5, 0.6) is 5.75 Å². The maximum absolute atomic E-state index is 5.44. The second-order valence-electron chi connectivity index (χ2n) is 7.59. The summed E-state index contributed by atoms with van der Waals surface area (Å²) in [5.74, 6) is 7.74. The zero-order valence-corrected chi connectivity index (χ0v) is 18.5. The molecule has 0 saturated carbocycles. The average molecular weight is 444 g/mol. The number of nitrogens with one attached hydrogen (secondary N) is 3. The van der Waals surface area contributed by atoms with Gasteiger partial charge in [-0.15, -0.1) is 0 Å². The zero-order valence-electron chi connectivity index (χ0n) is 18.5. The number of H-pyrrole nitrogens is 2. The maximum atomic E-state index is 5.44. The molecule has 1 fully saturated rings. The molecule has 0 radical (unpaired) electrons. The minimum Gasteiger partial charge on any atom is -0.491 e. The van der Waals surface area contributed by atoms with Crippen LogP contribution in [-0.2, 0) is 11.3 Å². The summed E-state index contributed by atoms with van der Waals surface area (Å²) in [4.78, 5) is 19.2. The molecule has 1 saturated heterocycles. The number of nitrogens with zero attached hydrogens (tertiary/aromatic N) is 5. The number of ether oxygens (including phenoxy) is 2. The van der Waals surface area contributed by atoms with Crippen molar-refractivity contribution in [1.82, 2.24) is 35.0 Å². The van der Waals surface area contributed by atoms with Gasteiger partial charge in [0, 0.05) is 19.6 Å². The molecule has 10 heteroatoms. The Kier molecular flexibility index (Phi) is 5.89. The van der Waals surface area contributed by atoms with Gasteiger partial charge in [0.25, 0.3) is 0 Å². The van der Waals surface area contributed by atoms with E-state index >= 15 is 0 Å². The third-order valence-corrected chi connectivity index (χ3v) is 5.40. The van der Waals surface area contributed by atoms with Gasteiger partial charge in [0.2, 0.25) is 5.82 Å². The Hall–Kier alpha value is -3.94. The summed E-state index contributed by atoms with van der Waals surface area (Å²) in [6.07, 6.45) is 3.27. The van der Waals surface area contributed by atoms with Gasteiger partial charge >= 0.3 is 0 Å². The molecule has 10 nitrogen and oxygen atoms in total. The SMILES string of the molecule is CC#Cc1ncc(OC)c(Nc2cn[nH]c2-c2nc3ccc(CN4CCOCC4)cc3[nH]2)n1. The van der Waals surface area contributed by atoms with E-state index in [-0.39, 0.29) is 0 Å². The van der Waals surface area contributed by atoms with Gasteiger partial charge in [-0.1, -0.05) is 12.0 Å². The molecule has 1 aliphatic heterocycles. The molecule has 0 amide bonds. The summed E-state index contributed by atoms with van der Waals surface area (Å²) < 4.78 is 10.8. The summed E-state index contributed by atoms with van der Waals surface area (Å²) in [7, 11) is 1.57. The number of rotatable bonds is 6. The van der Waals surface area contributed by atoms with E-state index in [9.17, 15) is 0 Å². The third-order valence-electron chi connectivity index (χ3n) is 5.40. The smallest absolute Gasteiger partial charge is 0.207 e. The Balaban J connectivity index is 1.42. The van der Waals surface area contributed by atoms with Crippen LogP contribution >= 0.6 is 0 Å². The van der Waals surface area contributed by atoms with Crippen LogP contribution in [0.1, 0.15) is 18.3 Å². The molecular formula is C23H24N8O2. The molecule has 4 aromatic rings. The summed E-state index contributed by atoms with van der Waals surface area (Å²) in [5, 5.41) is 10.5. The van der Waals surface area contributed by atoms with E-state index < -0.39 is 0 Å².